The van der Waals surface area contributed by atoms with E-state index in [1.807, 2.05) is 0 Å². The molecule has 0 radical (unpaired) electrons. The van der Waals surface area contributed by atoms with Gasteiger partial charge in [0.05, 0.1) is 5.56 Å². The molecule has 6 heteroatoms. The van der Waals surface area contributed by atoms with Crippen LogP contribution < -0.4 is 5.32 Å². The standard InChI is InChI=1S/C14H11FN2O3/c15-11-4-2-1-3-9(11)7-17-13(18)10-5-6-12(14(19)20)16-8-10/h1-6,8H,7H2,(H,17,18)(H,19,20). The maximum Gasteiger partial charge on any atom is 0.354 e. The quantitative estimate of drug-likeness (QED) is 0.891. The number of aromatic nitrogens is 1. The van der Waals surface area contributed by atoms with Gasteiger partial charge in [-0.1, -0.05) is 18.2 Å². The number of pyridine rings is 1. The van der Waals surface area contributed by atoms with Crippen LogP contribution in [0.25, 0.3) is 0 Å². The molecule has 0 saturated carbocycles. The molecule has 2 aromatic rings. The van der Waals surface area contributed by atoms with Crippen LogP contribution in [0.1, 0.15) is 26.4 Å². The minimum Gasteiger partial charge on any atom is -0.477 e. The highest BCUT2D eigenvalue weighted by atomic mass is 19.1. The van der Waals surface area contributed by atoms with Gasteiger partial charge in [0.2, 0.25) is 0 Å². The Morgan fingerprint density at radius 3 is 2.55 bits per heavy atom. The summed E-state index contributed by atoms with van der Waals surface area (Å²) in [5, 5.41) is 11.2. The number of carboxylic acids is 1. The zero-order valence-corrected chi connectivity index (χ0v) is 10.3. The van der Waals surface area contributed by atoms with E-state index in [4.69, 9.17) is 5.11 Å². The van der Waals surface area contributed by atoms with Crippen molar-refractivity contribution in [3.05, 3.63) is 65.2 Å². The van der Waals surface area contributed by atoms with E-state index >= 15 is 0 Å². The van der Waals surface area contributed by atoms with Gasteiger partial charge >= 0.3 is 5.97 Å². The largest absolute Gasteiger partial charge is 0.477 e. The lowest BCUT2D eigenvalue weighted by molar-refractivity contribution is 0.0689. The average Bonchev–Trinajstić information content (AvgIpc) is 2.46. The van der Waals surface area contributed by atoms with Crippen molar-refractivity contribution in [2.45, 2.75) is 6.54 Å². The summed E-state index contributed by atoms with van der Waals surface area (Å²) in [5.74, 6) is -2.01. The van der Waals surface area contributed by atoms with Crippen LogP contribution in [-0.4, -0.2) is 22.0 Å². The molecule has 102 valence electrons. The molecule has 0 unspecified atom stereocenters. The molecule has 0 bridgehead atoms. The highest BCUT2D eigenvalue weighted by Crippen LogP contribution is 2.06. The zero-order chi connectivity index (χ0) is 14.5. The predicted molar refractivity (Wildman–Crippen MR) is 68.8 cm³/mol. The molecule has 2 rings (SSSR count). The monoisotopic (exact) mass is 274 g/mol. The van der Waals surface area contributed by atoms with Crippen LogP contribution in [0.4, 0.5) is 4.39 Å². The fourth-order valence-corrected chi connectivity index (χ4v) is 1.57. The number of aromatic carboxylic acids is 1. The summed E-state index contributed by atoms with van der Waals surface area (Å²) in [6.07, 6.45) is 1.17. The zero-order valence-electron chi connectivity index (χ0n) is 10.3. The Balaban J connectivity index is 2.02. The SMILES string of the molecule is O=C(NCc1ccccc1F)c1ccc(C(=O)O)nc1. The first kappa shape index (κ1) is 13.7. The van der Waals surface area contributed by atoms with Gasteiger partial charge in [0.1, 0.15) is 11.5 Å². The Morgan fingerprint density at radius 2 is 1.95 bits per heavy atom. The number of carbonyl (C=O) groups is 2. The van der Waals surface area contributed by atoms with Crippen molar-refractivity contribution in [2.24, 2.45) is 0 Å². The van der Waals surface area contributed by atoms with Crippen LogP contribution >= 0.6 is 0 Å². The third-order valence-corrected chi connectivity index (χ3v) is 2.64. The second-order valence-electron chi connectivity index (χ2n) is 4.01. The molecule has 2 N–H and O–H groups in total. The second-order valence-corrected chi connectivity index (χ2v) is 4.01. The summed E-state index contributed by atoms with van der Waals surface area (Å²) in [5.41, 5.74) is 0.443. The summed E-state index contributed by atoms with van der Waals surface area (Å²) >= 11 is 0. The smallest absolute Gasteiger partial charge is 0.354 e. The fraction of sp³-hybridized carbons (Fsp3) is 0.0714. The highest BCUT2D eigenvalue weighted by Gasteiger charge is 2.09. The van der Waals surface area contributed by atoms with Crippen molar-refractivity contribution in [3.8, 4) is 0 Å². The second kappa shape index (κ2) is 5.92. The first-order valence-electron chi connectivity index (χ1n) is 5.79. The molecule has 1 heterocycles. The Kier molecular flexibility index (Phi) is 4.05. The number of hydrogen-bond donors (Lipinski definition) is 2. The van der Waals surface area contributed by atoms with Gasteiger partial charge < -0.3 is 10.4 Å². The average molecular weight is 274 g/mol. The Bertz CT molecular complexity index is 641. The van der Waals surface area contributed by atoms with E-state index in [0.717, 1.165) is 0 Å². The van der Waals surface area contributed by atoms with Crippen LogP contribution in [0.15, 0.2) is 42.6 Å². The van der Waals surface area contributed by atoms with Gasteiger partial charge in [-0.3, -0.25) is 4.79 Å². The van der Waals surface area contributed by atoms with Gasteiger partial charge in [-0.05, 0) is 18.2 Å². The third-order valence-electron chi connectivity index (χ3n) is 2.64. The van der Waals surface area contributed by atoms with Crippen LogP contribution in [0.3, 0.4) is 0 Å². The molecule has 0 saturated heterocycles. The molecule has 0 aliphatic carbocycles. The van der Waals surface area contributed by atoms with E-state index < -0.39 is 17.7 Å². The van der Waals surface area contributed by atoms with Gasteiger partial charge in [-0.15, -0.1) is 0 Å². The number of rotatable bonds is 4. The van der Waals surface area contributed by atoms with Gasteiger partial charge in [-0.2, -0.15) is 0 Å². The Labute approximate surface area is 114 Å². The molecule has 5 nitrogen and oxygen atoms in total. The minimum absolute atomic E-state index is 0.0478. The summed E-state index contributed by atoms with van der Waals surface area (Å²) in [7, 11) is 0. The molecular weight excluding hydrogens is 263 g/mol. The Morgan fingerprint density at radius 1 is 1.20 bits per heavy atom. The van der Waals surface area contributed by atoms with E-state index in [2.05, 4.69) is 10.3 Å². The van der Waals surface area contributed by atoms with Crippen molar-refractivity contribution >= 4 is 11.9 Å². The van der Waals surface area contributed by atoms with Crippen LogP contribution in [0.5, 0.6) is 0 Å². The predicted octanol–water partition coefficient (Wildman–Crippen LogP) is 1.85. The number of carboxylic acid groups (broad SMARTS) is 1. The first-order chi connectivity index (χ1) is 9.58. The summed E-state index contributed by atoms with van der Waals surface area (Å²) < 4.78 is 13.4. The summed E-state index contributed by atoms with van der Waals surface area (Å²) in [6.45, 7) is 0.0478. The maximum absolute atomic E-state index is 13.4. The number of amides is 1. The molecule has 0 fully saturated rings. The fourth-order valence-electron chi connectivity index (χ4n) is 1.57. The molecule has 20 heavy (non-hydrogen) atoms. The molecule has 1 amide bonds. The van der Waals surface area contributed by atoms with Crippen molar-refractivity contribution < 1.29 is 19.1 Å². The number of halogens is 1. The molecule has 0 aliphatic heterocycles. The number of nitrogens with one attached hydrogen (secondary N) is 1. The van der Waals surface area contributed by atoms with Gasteiger partial charge in [0.15, 0.2) is 0 Å². The van der Waals surface area contributed by atoms with Crippen LogP contribution in [-0.2, 0) is 6.54 Å². The van der Waals surface area contributed by atoms with Crippen molar-refractivity contribution in [3.63, 3.8) is 0 Å². The summed E-state index contributed by atoms with van der Waals surface area (Å²) in [4.78, 5) is 26.1. The minimum atomic E-state index is -1.16. The van der Waals surface area contributed by atoms with Gasteiger partial charge in [0, 0.05) is 18.3 Å². The van der Waals surface area contributed by atoms with Crippen molar-refractivity contribution in [1.29, 1.82) is 0 Å². The Hall–Kier alpha value is -2.76. The van der Waals surface area contributed by atoms with Gasteiger partial charge in [0.25, 0.3) is 5.91 Å². The molecule has 0 atom stereocenters. The van der Waals surface area contributed by atoms with Crippen LogP contribution in [0.2, 0.25) is 0 Å². The molecule has 0 spiro atoms. The topological polar surface area (TPSA) is 79.3 Å². The number of nitrogens with zero attached hydrogens (tertiary/aromatic N) is 1. The molecule has 1 aromatic heterocycles. The van der Waals surface area contributed by atoms with E-state index in [0.29, 0.717) is 5.56 Å². The lowest BCUT2D eigenvalue weighted by atomic mass is 10.2. The van der Waals surface area contributed by atoms with E-state index in [1.165, 1.54) is 24.4 Å². The van der Waals surface area contributed by atoms with Crippen molar-refractivity contribution in [2.75, 3.05) is 0 Å². The summed E-state index contributed by atoms with van der Waals surface area (Å²) in [6, 6.07) is 8.71. The van der Waals surface area contributed by atoms with E-state index in [-0.39, 0.29) is 17.8 Å². The molecule has 0 aliphatic rings. The van der Waals surface area contributed by atoms with Crippen molar-refractivity contribution in [1.82, 2.24) is 10.3 Å². The lowest BCUT2D eigenvalue weighted by Crippen LogP contribution is -2.23. The third kappa shape index (κ3) is 3.17. The number of benzene rings is 1. The first-order valence-corrected chi connectivity index (χ1v) is 5.79. The van der Waals surface area contributed by atoms with E-state index in [9.17, 15) is 14.0 Å². The highest BCUT2D eigenvalue weighted by molar-refractivity contribution is 5.94. The number of hydrogen-bond acceptors (Lipinski definition) is 3. The number of carbonyl (C=O) groups excluding carboxylic acids is 1. The molecular formula is C14H11FN2O3. The van der Waals surface area contributed by atoms with Crippen LogP contribution in [0, 0.1) is 5.82 Å². The molecule has 1 aromatic carbocycles. The van der Waals surface area contributed by atoms with Gasteiger partial charge in [-0.25, -0.2) is 14.2 Å². The van der Waals surface area contributed by atoms with E-state index in [1.54, 1.807) is 18.2 Å². The maximum atomic E-state index is 13.4. The normalized spacial score (nSPS) is 10.1. The lowest BCUT2D eigenvalue weighted by Gasteiger charge is -2.06.